The maximum Gasteiger partial charge on any atom is 0.338 e. The van der Waals surface area contributed by atoms with Gasteiger partial charge in [0.2, 0.25) is 0 Å². The fraction of sp³-hybridized carbons (Fsp3) is 0.182. The predicted molar refractivity (Wildman–Crippen MR) is 112 cm³/mol. The third kappa shape index (κ3) is 5.65. The van der Waals surface area contributed by atoms with E-state index in [1.165, 1.54) is 19.1 Å². The third-order valence-corrected chi connectivity index (χ3v) is 5.12. The summed E-state index contributed by atoms with van der Waals surface area (Å²) in [6, 6.07) is 19.5. The molecule has 3 aromatic carbocycles. The van der Waals surface area contributed by atoms with Gasteiger partial charge in [0.25, 0.3) is 5.91 Å². The van der Waals surface area contributed by atoms with Crippen LogP contribution in [0.4, 0.5) is 5.69 Å². The number of benzene rings is 3. The van der Waals surface area contributed by atoms with Crippen LogP contribution in [0.15, 0.2) is 66.7 Å². The average molecular weight is 411 g/mol. The van der Waals surface area contributed by atoms with Gasteiger partial charge in [-0.05, 0) is 47.5 Å². The quantitative estimate of drug-likeness (QED) is 0.627. The number of carbonyl (C=O) groups excluding carboxylic acids is 2. The molecule has 0 bridgehead atoms. The van der Waals surface area contributed by atoms with Crippen LogP contribution in [0.25, 0.3) is 10.8 Å². The molecule has 0 aromatic heterocycles. The first-order valence-corrected chi connectivity index (χ1v) is 11.0. The Morgan fingerprint density at radius 1 is 0.966 bits per heavy atom. The lowest BCUT2D eigenvalue weighted by atomic mass is 10.1. The fourth-order valence-corrected chi connectivity index (χ4v) is 3.67. The van der Waals surface area contributed by atoms with Gasteiger partial charge in [0, 0.05) is 11.9 Å². The molecule has 0 aliphatic rings. The molecule has 3 rings (SSSR count). The number of amides is 1. The van der Waals surface area contributed by atoms with Gasteiger partial charge >= 0.3 is 5.97 Å². The maximum atomic E-state index is 12.4. The van der Waals surface area contributed by atoms with Crippen LogP contribution in [0.5, 0.6) is 0 Å². The molecule has 0 aliphatic carbocycles. The summed E-state index contributed by atoms with van der Waals surface area (Å²) in [5.74, 6) is -1.33. The molecule has 0 heterocycles. The molecule has 150 valence electrons. The van der Waals surface area contributed by atoms with Gasteiger partial charge in [-0.2, -0.15) is 0 Å². The van der Waals surface area contributed by atoms with Crippen molar-refractivity contribution in [1.29, 1.82) is 0 Å². The van der Waals surface area contributed by atoms with E-state index in [9.17, 15) is 18.0 Å². The summed E-state index contributed by atoms with van der Waals surface area (Å²) < 4.78 is 28.1. The smallest absolute Gasteiger partial charge is 0.338 e. The van der Waals surface area contributed by atoms with Crippen molar-refractivity contribution in [3.8, 4) is 0 Å². The Kier molecular flexibility index (Phi) is 5.98. The van der Waals surface area contributed by atoms with E-state index in [0.29, 0.717) is 11.3 Å². The van der Waals surface area contributed by atoms with Crippen LogP contribution in [0.3, 0.4) is 0 Å². The van der Waals surface area contributed by atoms with Crippen LogP contribution in [0.1, 0.15) is 22.8 Å². The first-order chi connectivity index (χ1) is 13.7. The number of ether oxygens (including phenoxy) is 1. The minimum atomic E-state index is -3.22. The number of anilines is 1. The topological polar surface area (TPSA) is 89.5 Å². The van der Waals surface area contributed by atoms with Crippen LogP contribution >= 0.6 is 0 Å². The molecule has 0 spiro atoms. The molecule has 7 heteroatoms. The highest BCUT2D eigenvalue weighted by Crippen LogP contribution is 2.19. The summed E-state index contributed by atoms with van der Waals surface area (Å²) in [5, 5.41) is 4.78. The average Bonchev–Trinajstić information content (AvgIpc) is 2.66. The number of fused-ring (bicyclic) bond motifs is 1. The Morgan fingerprint density at radius 3 is 2.41 bits per heavy atom. The Hall–Kier alpha value is -3.19. The number of esters is 1. The van der Waals surface area contributed by atoms with Crippen LogP contribution in [-0.2, 0) is 25.1 Å². The highest BCUT2D eigenvalue weighted by Gasteiger charge is 2.19. The molecule has 1 atom stereocenters. The van der Waals surface area contributed by atoms with Crippen molar-refractivity contribution < 1.29 is 22.7 Å². The zero-order valence-electron chi connectivity index (χ0n) is 16.1. The number of sulfone groups is 1. The Balaban J connectivity index is 1.65. The van der Waals surface area contributed by atoms with E-state index in [1.54, 1.807) is 18.2 Å². The molecule has 0 saturated carbocycles. The fourth-order valence-electron chi connectivity index (χ4n) is 2.88. The monoisotopic (exact) mass is 411 g/mol. The maximum absolute atomic E-state index is 12.4. The predicted octanol–water partition coefficient (Wildman–Crippen LogP) is 3.57. The number of hydrogen-bond donors (Lipinski definition) is 1. The molecule has 0 unspecified atom stereocenters. The molecular formula is C22H21NO5S. The van der Waals surface area contributed by atoms with Gasteiger partial charge < -0.3 is 10.1 Å². The Bertz CT molecular complexity index is 1170. The van der Waals surface area contributed by atoms with Crippen molar-refractivity contribution in [3.05, 3.63) is 77.9 Å². The summed E-state index contributed by atoms with van der Waals surface area (Å²) in [6.07, 6.45) is 0.101. The van der Waals surface area contributed by atoms with Gasteiger partial charge in [0.05, 0.1) is 11.3 Å². The van der Waals surface area contributed by atoms with E-state index >= 15 is 0 Å². The van der Waals surface area contributed by atoms with Gasteiger partial charge in [-0.3, -0.25) is 4.79 Å². The number of nitrogens with one attached hydrogen (secondary N) is 1. The molecule has 0 radical (unpaired) electrons. The van der Waals surface area contributed by atoms with E-state index in [0.717, 1.165) is 17.0 Å². The second kappa shape index (κ2) is 8.45. The van der Waals surface area contributed by atoms with E-state index in [2.05, 4.69) is 5.32 Å². The minimum Gasteiger partial charge on any atom is -0.449 e. The van der Waals surface area contributed by atoms with Gasteiger partial charge in [-0.25, -0.2) is 13.2 Å². The van der Waals surface area contributed by atoms with Gasteiger partial charge in [-0.15, -0.1) is 0 Å². The normalized spacial score (nSPS) is 12.3. The van der Waals surface area contributed by atoms with Crippen LogP contribution in [-0.4, -0.2) is 32.7 Å². The van der Waals surface area contributed by atoms with Gasteiger partial charge in [0.15, 0.2) is 15.9 Å². The van der Waals surface area contributed by atoms with Crippen LogP contribution in [0, 0.1) is 0 Å². The van der Waals surface area contributed by atoms with Gasteiger partial charge in [0.1, 0.15) is 0 Å². The number of hydrogen-bond acceptors (Lipinski definition) is 5. The number of carbonyl (C=O) groups is 2. The van der Waals surface area contributed by atoms with Crippen molar-refractivity contribution in [2.24, 2.45) is 0 Å². The first-order valence-electron chi connectivity index (χ1n) is 8.98. The molecule has 0 aliphatic heterocycles. The SMILES string of the molecule is C[C@H](OC(=O)c1cccc(CS(C)(=O)=O)c1)C(=O)Nc1ccc2ccccc2c1. The summed E-state index contributed by atoms with van der Waals surface area (Å²) in [7, 11) is -3.22. The third-order valence-electron chi connectivity index (χ3n) is 4.26. The molecule has 0 fully saturated rings. The molecule has 29 heavy (non-hydrogen) atoms. The Labute approximate surface area is 169 Å². The molecule has 1 N–H and O–H groups in total. The number of rotatable bonds is 6. The lowest BCUT2D eigenvalue weighted by molar-refractivity contribution is -0.123. The van der Waals surface area contributed by atoms with Crippen molar-refractivity contribution in [1.82, 2.24) is 0 Å². The van der Waals surface area contributed by atoms with Crippen molar-refractivity contribution >= 4 is 38.2 Å². The lowest BCUT2D eigenvalue weighted by Gasteiger charge is -2.14. The van der Waals surface area contributed by atoms with Crippen molar-refractivity contribution in [2.45, 2.75) is 18.8 Å². The molecule has 3 aromatic rings. The van der Waals surface area contributed by atoms with E-state index in [4.69, 9.17) is 4.74 Å². The summed E-state index contributed by atoms with van der Waals surface area (Å²) >= 11 is 0. The standard InChI is InChI=1S/C22H21NO5S/c1-15(21(24)23-20-11-10-17-7-3-4-8-18(17)13-20)28-22(25)19-9-5-6-16(12-19)14-29(2,26)27/h3-13,15H,14H2,1-2H3,(H,23,24)/t15-/m0/s1. The molecule has 6 nitrogen and oxygen atoms in total. The molecular weight excluding hydrogens is 390 g/mol. The Morgan fingerprint density at radius 2 is 1.69 bits per heavy atom. The summed E-state index contributed by atoms with van der Waals surface area (Å²) in [4.78, 5) is 24.8. The largest absolute Gasteiger partial charge is 0.449 e. The van der Waals surface area contributed by atoms with Gasteiger partial charge in [-0.1, -0.05) is 42.5 Å². The highest BCUT2D eigenvalue weighted by atomic mass is 32.2. The van der Waals surface area contributed by atoms with E-state index < -0.39 is 27.8 Å². The van der Waals surface area contributed by atoms with Crippen molar-refractivity contribution in [2.75, 3.05) is 11.6 Å². The second-order valence-corrected chi connectivity index (χ2v) is 9.01. The molecule has 1 amide bonds. The summed E-state index contributed by atoms with van der Waals surface area (Å²) in [6.45, 7) is 1.48. The zero-order valence-corrected chi connectivity index (χ0v) is 16.9. The van der Waals surface area contributed by atoms with Crippen LogP contribution in [0.2, 0.25) is 0 Å². The first kappa shape index (κ1) is 20.5. The minimum absolute atomic E-state index is 0.174. The van der Waals surface area contributed by atoms with E-state index in [-0.39, 0.29) is 11.3 Å². The van der Waals surface area contributed by atoms with E-state index in [1.807, 2.05) is 36.4 Å². The molecule has 0 saturated heterocycles. The van der Waals surface area contributed by atoms with Crippen molar-refractivity contribution in [3.63, 3.8) is 0 Å². The lowest BCUT2D eigenvalue weighted by Crippen LogP contribution is -2.30. The van der Waals surface area contributed by atoms with Crippen LogP contribution < -0.4 is 5.32 Å². The highest BCUT2D eigenvalue weighted by molar-refractivity contribution is 7.89. The summed E-state index contributed by atoms with van der Waals surface area (Å²) in [5.41, 5.74) is 1.28. The second-order valence-electron chi connectivity index (χ2n) is 6.87. The zero-order chi connectivity index (χ0) is 21.0.